The number of pyridine rings is 2. The Labute approximate surface area is 173 Å². The van der Waals surface area contributed by atoms with Gasteiger partial charge in [0.15, 0.2) is 0 Å². The predicted molar refractivity (Wildman–Crippen MR) is 112 cm³/mol. The fraction of sp³-hybridized carbons (Fsp3) is 0.190. The number of aryl methyl sites for hydroxylation is 1. The number of fused-ring (bicyclic) bond motifs is 2. The minimum atomic E-state index is -3.95. The van der Waals surface area contributed by atoms with Crippen molar-refractivity contribution in [2.45, 2.75) is 23.3 Å². The van der Waals surface area contributed by atoms with Gasteiger partial charge in [-0.1, -0.05) is 29.2 Å². The van der Waals surface area contributed by atoms with Gasteiger partial charge in [-0.2, -0.15) is 0 Å². The molecule has 0 amide bonds. The van der Waals surface area contributed by atoms with Crippen LogP contribution in [0.2, 0.25) is 0 Å². The molecule has 9 heteroatoms. The first-order chi connectivity index (χ1) is 14.4. The molecule has 0 aliphatic heterocycles. The van der Waals surface area contributed by atoms with Crippen molar-refractivity contribution in [2.75, 3.05) is 19.5 Å². The molecular weight excluding hydrogens is 404 g/mol. The second kappa shape index (κ2) is 7.51. The van der Waals surface area contributed by atoms with Gasteiger partial charge in [0.25, 0.3) is 11.2 Å². The predicted octanol–water partition coefficient (Wildman–Crippen LogP) is 1.51. The molecule has 0 unspecified atom stereocenters. The summed E-state index contributed by atoms with van der Waals surface area (Å²) in [6.45, 7) is 2.36. The fourth-order valence-corrected chi connectivity index (χ4v) is 4.86. The highest BCUT2D eigenvalue weighted by atomic mass is 32.2. The van der Waals surface area contributed by atoms with Crippen LogP contribution >= 0.6 is 0 Å². The van der Waals surface area contributed by atoms with E-state index in [9.17, 15) is 13.2 Å². The van der Waals surface area contributed by atoms with E-state index in [1.54, 1.807) is 30.5 Å². The minimum Gasteiger partial charge on any atom is -0.381 e. The molecule has 0 aliphatic rings. The largest absolute Gasteiger partial charge is 0.381 e. The van der Waals surface area contributed by atoms with Crippen molar-refractivity contribution < 1.29 is 17.7 Å². The topological polar surface area (TPSA) is 108 Å². The van der Waals surface area contributed by atoms with E-state index in [4.69, 9.17) is 10.5 Å². The lowest BCUT2D eigenvalue weighted by molar-refractivity contribution is -0.662. The summed E-state index contributed by atoms with van der Waals surface area (Å²) in [7, 11) is -2.42. The Morgan fingerprint density at radius 3 is 2.60 bits per heavy atom. The second-order valence-electron chi connectivity index (χ2n) is 6.89. The summed E-state index contributed by atoms with van der Waals surface area (Å²) >= 11 is 0. The molecule has 1 aromatic carbocycles. The van der Waals surface area contributed by atoms with Crippen molar-refractivity contribution in [1.29, 1.82) is 0 Å². The summed E-state index contributed by atoms with van der Waals surface area (Å²) in [6.07, 6.45) is 1.61. The van der Waals surface area contributed by atoms with Gasteiger partial charge >= 0.3 is 0 Å². The van der Waals surface area contributed by atoms with E-state index in [1.165, 1.54) is 34.3 Å². The van der Waals surface area contributed by atoms with Gasteiger partial charge in [0.1, 0.15) is 10.3 Å². The first-order valence-corrected chi connectivity index (χ1v) is 10.8. The van der Waals surface area contributed by atoms with Crippen molar-refractivity contribution in [2.24, 2.45) is 0 Å². The standard InChI is InChI=1S/C21H20N4O4S/c1-14-7-6-10-25-19(14)23-20-16(21(25)26)13-17(18(22)24(20)11-12-29-2)30(27,28)15-8-4-3-5-9-15/h3-10,13,22H,11-12H2,1-2H3/p+1. The van der Waals surface area contributed by atoms with Crippen LogP contribution in [0.4, 0.5) is 5.82 Å². The van der Waals surface area contributed by atoms with Crippen LogP contribution in [0.15, 0.2) is 69.3 Å². The maximum Gasteiger partial charge on any atom is 0.278 e. The molecule has 0 bridgehead atoms. The Morgan fingerprint density at radius 1 is 1.17 bits per heavy atom. The van der Waals surface area contributed by atoms with E-state index < -0.39 is 9.84 Å². The molecule has 3 aromatic heterocycles. The minimum absolute atomic E-state index is 0.00763. The third-order valence-corrected chi connectivity index (χ3v) is 6.80. The third kappa shape index (κ3) is 3.12. The highest BCUT2D eigenvalue weighted by Gasteiger charge is 2.29. The summed E-state index contributed by atoms with van der Waals surface area (Å²) < 4.78 is 34.7. The number of aromatic nitrogens is 3. The van der Waals surface area contributed by atoms with Crippen LogP contribution in [0, 0.1) is 6.92 Å². The molecule has 0 radical (unpaired) electrons. The molecule has 4 aromatic rings. The Kier molecular flexibility index (Phi) is 5.00. The number of sulfone groups is 1. The molecule has 2 N–H and O–H groups in total. The van der Waals surface area contributed by atoms with E-state index in [2.05, 4.69) is 4.98 Å². The molecule has 0 saturated carbocycles. The number of nitrogens with two attached hydrogens (primary N) is 1. The normalized spacial score (nSPS) is 11.9. The number of methoxy groups -OCH3 is 1. The van der Waals surface area contributed by atoms with E-state index >= 15 is 0 Å². The monoisotopic (exact) mass is 425 g/mol. The molecule has 0 saturated heterocycles. The Bertz CT molecular complexity index is 1430. The lowest BCUT2D eigenvalue weighted by Gasteiger charge is -2.13. The van der Waals surface area contributed by atoms with E-state index in [0.717, 1.165) is 5.56 Å². The fourth-order valence-electron chi connectivity index (χ4n) is 3.44. The second-order valence-corrected chi connectivity index (χ2v) is 8.81. The quantitative estimate of drug-likeness (QED) is 0.384. The van der Waals surface area contributed by atoms with Crippen LogP contribution in [-0.4, -0.2) is 31.5 Å². The molecule has 0 aliphatic carbocycles. The number of hydrogen-bond acceptors (Lipinski definition) is 6. The smallest absolute Gasteiger partial charge is 0.278 e. The van der Waals surface area contributed by atoms with Crippen LogP contribution < -0.4 is 15.9 Å². The first-order valence-electron chi connectivity index (χ1n) is 9.29. The summed E-state index contributed by atoms with van der Waals surface area (Å²) in [5, 5.41) is 0.165. The summed E-state index contributed by atoms with van der Waals surface area (Å²) in [5.41, 5.74) is 7.57. The van der Waals surface area contributed by atoms with Gasteiger partial charge in [0.2, 0.25) is 21.3 Å². The number of nitrogen functional groups attached to an aromatic ring is 1. The van der Waals surface area contributed by atoms with Crippen LogP contribution in [0.1, 0.15) is 5.56 Å². The summed E-state index contributed by atoms with van der Waals surface area (Å²) in [5.74, 6) is 0.00763. The van der Waals surface area contributed by atoms with E-state index in [0.29, 0.717) is 11.3 Å². The molecule has 0 fully saturated rings. The van der Waals surface area contributed by atoms with Crippen molar-refractivity contribution >= 4 is 32.3 Å². The van der Waals surface area contributed by atoms with Crippen molar-refractivity contribution in [3.05, 3.63) is 70.6 Å². The van der Waals surface area contributed by atoms with Gasteiger partial charge in [0.05, 0.1) is 18.0 Å². The van der Waals surface area contributed by atoms with Gasteiger partial charge in [0, 0.05) is 18.9 Å². The van der Waals surface area contributed by atoms with Crippen LogP contribution in [0.25, 0.3) is 16.7 Å². The SMILES string of the molecule is COCC[n+]1c(N)c(S(=O)(=O)c2ccccc2)cc2c(=O)n3cccc(C)c3nc21. The lowest BCUT2D eigenvalue weighted by atomic mass is 10.2. The lowest BCUT2D eigenvalue weighted by Crippen LogP contribution is -2.43. The van der Waals surface area contributed by atoms with E-state index in [1.807, 2.05) is 13.0 Å². The zero-order valence-corrected chi connectivity index (χ0v) is 17.4. The zero-order valence-electron chi connectivity index (χ0n) is 16.6. The Balaban J connectivity index is 2.13. The van der Waals surface area contributed by atoms with Crippen molar-refractivity contribution in [3.63, 3.8) is 0 Å². The maximum atomic E-state index is 13.3. The molecule has 154 valence electrons. The maximum absolute atomic E-state index is 13.3. The number of benzene rings is 1. The summed E-state index contributed by atoms with van der Waals surface area (Å²) in [6, 6.07) is 12.9. The first kappa shape index (κ1) is 20.0. The summed E-state index contributed by atoms with van der Waals surface area (Å²) in [4.78, 5) is 17.8. The van der Waals surface area contributed by atoms with Gasteiger partial charge in [-0.15, -0.1) is 0 Å². The van der Waals surface area contributed by atoms with E-state index in [-0.39, 0.29) is 39.7 Å². The number of hydrogen-bond donors (Lipinski definition) is 1. The molecule has 3 heterocycles. The van der Waals surface area contributed by atoms with Crippen LogP contribution in [0.3, 0.4) is 0 Å². The molecular formula is C21H21N4O4S+. The average molecular weight is 425 g/mol. The van der Waals surface area contributed by atoms with Gasteiger partial charge < -0.3 is 10.5 Å². The number of anilines is 1. The van der Waals surface area contributed by atoms with Crippen molar-refractivity contribution in [3.8, 4) is 0 Å². The van der Waals surface area contributed by atoms with Crippen LogP contribution in [-0.2, 0) is 21.1 Å². The molecule has 30 heavy (non-hydrogen) atoms. The third-order valence-electron chi connectivity index (χ3n) is 5.00. The number of rotatable bonds is 5. The molecule has 0 spiro atoms. The Morgan fingerprint density at radius 2 is 1.90 bits per heavy atom. The van der Waals surface area contributed by atoms with Gasteiger partial charge in [-0.25, -0.2) is 13.0 Å². The number of ether oxygens (including phenoxy) is 1. The zero-order chi connectivity index (χ0) is 21.5. The van der Waals surface area contributed by atoms with Crippen LogP contribution in [0.5, 0.6) is 0 Å². The molecule has 4 rings (SSSR count). The average Bonchev–Trinajstić information content (AvgIpc) is 2.74. The molecule has 0 atom stereocenters. The number of nitrogens with zero attached hydrogens (tertiary/aromatic N) is 3. The Hall–Kier alpha value is -3.30. The van der Waals surface area contributed by atoms with Gasteiger partial charge in [-0.3, -0.25) is 9.20 Å². The highest BCUT2D eigenvalue weighted by Crippen LogP contribution is 2.26. The van der Waals surface area contributed by atoms with Crippen molar-refractivity contribution in [1.82, 2.24) is 9.38 Å². The molecule has 8 nitrogen and oxygen atoms in total. The van der Waals surface area contributed by atoms with Gasteiger partial charge in [-0.05, 0) is 31.2 Å². The highest BCUT2D eigenvalue weighted by molar-refractivity contribution is 7.91.